The zero-order valence-corrected chi connectivity index (χ0v) is 11.3. The molecule has 0 aromatic heterocycles. The fourth-order valence-corrected chi connectivity index (χ4v) is 2.24. The molecule has 102 valence electrons. The predicted octanol–water partition coefficient (Wildman–Crippen LogP) is 3.23. The Morgan fingerprint density at radius 3 is 2.90 bits per heavy atom. The van der Waals surface area contributed by atoms with E-state index < -0.39 is 0 Å². The number of halogens is 1. The number of phenols is 1. The van der Waals surface area contributed by atoms with Gasteiger partial charge in [-0.25, -0.2) is 0 Å². The molecule has 0 fully saturated rings. The Balaban J connectivity index is 1.80. The second kappa shape index (κ2) is 5.06. The quantitative estimate of drug-likeness (QED) is 0.892. The van der Waals surface area contributed by atoms with Crippen molar-refractivity contribution < 1.29 is 14.6 Å². The molecule has 0 unspecified atom stereocenters. The molecule has 4 nitrogen and oxygen atoms in total. The predicted molar refractivity (Wildman–Crippen MR) is 76.7 cm³/mol. The minimum atomic E-state index is -0.235. The largest absolute Gasteiger partial charge is 0.506 e. The van der Waals surface area contributed by atoms with Gasteiger partial charge in [0.05, 0.1) is 11.6 Å². The molecule has 2 N–H and O–H groups in total. The van der Waals surface area contributed by atoms with Crippen LogP contribution in [0.4, 0.5) is 5.69 Å². The van der Waals surface area contributed by atoms with Gasteiger partial charge in [-0.1, -0.05) is 11.6 Å². The van der Waals surface area contributed by atoms with Gasteiger partial charge in [0.25, 0.3) is 5.91 Å². The van der Waals surface area contributed by atoms with E-state index in [9.17, 15) is 9.90 Å². The van der Waals surface area contributed by atoms with E-state index in [4.69, 9.17) is 16.3 Å². The van der Waals surface area contributed by atoms with Crippen LogP contribution >= 0.6 is 11.6 Å². The number of hydrogen-bond acceptors (Lipinski definition) is 3. The second-order valence-electron chi connectivity index (χ2n) is 4.54. The lowest BCUT2D eigenvalue weighted by Gasteiger charge is -2.07. The van der Waals surface area contributed by atoms with Crippen LogP contribution in [0, 0.1) is 0 Å². The highest BCUT2D eigenvalue weighted by Crippen LogP contribution is 2.28. The zero-order chi connectivity index (χ0) is 14.1. The smallest absolute Gasteiger partial charge is 0.255 e. The van der Waals surface area contributed by atoms with Crippen LogP contribution < -0.4 is 10.1 Å². The highest BCUT2D eigenvalue weighted by Gasteiger charge is 2.15. The molecule has 0 atom stereocenters. The van der Waals surface area contributed by atoms with Gasteiger partial charge in [0.15, 0.2) is 0 Å². The van der Waals surface area contributed by atoms with Gasteiger partial charge in [-0.2, -0.15) is 0 Å². The number of phenolic OH excluding ortho intramolecular Hbond substituents is 1. The van der Waals surface area contributed by atoms with E-state index in [1.54, 1.807) is 18.2 Å². The van der Waals surface area contributed by atoms with Gasteiger partial charge >= 0.3 is 0 Å². The Bertz CT molecular complexity index is 685. The summed E-state index contributed by atoms with van der Waals surface area (Å²) in [4.78, 5) is 12.1. The third-order valence-electron chi connectivity index (χ3n) is 3.16. The summed E-state index contributed by atoms with van der Waals surface area (Å²) in [5.41, 5.74) is 2.09. The Labute approximate surface area is 120 Å². The summed E-state index contributed by atoms with van der Waals surface area (Å²) < 4.78 is 5.40. The van der Waals surface area contributed by atoms with Gasteiger partial charge in [0.1, 0.15) is 11.5 Å². The van der Waals surface area contributed by atoms with Crippen LogP contribution in [0.3, 0.4) is 0 Å². The maximum absolute atomic E-state index is 12.1. The molecule has 0 bridgehead atoms. The monoisotopic (exact) mass is 289 g/mol. The third-order valence-corrected chi connectivity index (χ3v) is 3.48. The third kappa shape index (κ3) is 2.42. The van der Waals surface area contributed by atoms with E-state index in [0.717, 1.165) is 17.7 Å². The van der Waals surface area contributed by atoms with Crippen molar-refractivity contribution in [2.75, 3.05) is 11.9 Å². The molecule has 2 aromatic carbocycles. The number of carbonyl (C=O) groups excluding carboxylic acids is 1. The average Bonchev–Trinajstić information content (AvgIpc) is 2.90. The van der Waals surface area contributed by atoms with Gasteiger partial charge in [-0.15, -0.1) is 0 Å². The number of ether oxygens (including phenoxy) is 1. The Hall–Kier alpha value is -2.20. The Kier molecular flexibility index (Phi) is 3.24. The summed E-state index contributed by atoms with van der Waals surface area (Å²) in [5.74, 6) is 0.541. The lowest BCUT2D eigenvalue weighted by molar-refractivity contribution is 0.102. The van der Waals surface area contributed by atoms with Crippen molar-refractivity contribution in [3.63, 3.8) is 0 Å². The second-order valence-corrected chi connectivity index (χ2v) is 4.95. The van der Waals surface area contributed by atoms with Crippen molar-refractivity contribution in [3.8, 4) is 11.5 Å². The molecule has 2 aromatic rings. The fraction of sp³-hybridized carbons (Fsp3) is 0.133. The van der Waals surface area contributed by atoms with Gasteiger partial charge < -0.3 is 15.2 Å². The minimum absolute atomic E-state index is 0.0631. The van der Waals surface area contributed by atoms with E-state index in [0.29, 0.717) is 17.9 Å². The fourth-order valence-electron chi connectivity index (χ4n) is 2.12. The lowest BCUT2D eigenvalue weighted by atomic mass is 10.1. The molecule has 1 aliphatic rings. The van der Waals surface area contributed by atoms with Crippen LogP contribution in [0.15, 0.2) is 36.4 Å². The topological polar surface area (TPSA) is 58.6 Å². The van der Waals surface area contributed by atoms with E-state index >= 15 is 0 Å². The molecule has 0 aliphatic carbocycles. The van der Waals surface area contributed by atoms with E-state index in [-0.39, 0.29) is 16.7 Å². The number of rotatable bonds is 2. The SMILES string of the molecule is O=C(Nc1ccc(Cl)c(O)c1)c1ccc2c(c1)CCO2. The lowest BCUT2D eigenvalue weighted by Crippen LogP contribution is -2.11. The summed E-state index contributed by atoms with van der Waals surface area (Å²) in [6.07, 6.45) is 0.818. The average molecular weight is 290 g/mol. The normalized spacial score (nSPS) is 12.7. The summed E-state index contributed by atoms with van der Waals surface area (Å²) in [6, 6.07) is 9.93. The van der Waals surface area contributed by atoms with Crippen molar-refractivity contribution >= 4 is 23.2 Å². The van der Waals surface area contributed by atoms with Crippen LogP contribution in [-0.4, -0.2) is 17.6 Å². The van der Waals surface area contributed by atoms with Crippen LogP contribution in [0.1, 0.15) is 15.9 Å². The van der Waals surface area contributed by atoms with Gasteiger partial charge in [0.2, 0.25) is 0 Å². The maximum atomic E-state index is 12.1. The summed E-state index contributed by atoms with van der Waals surface area (Å²) in [5, 5.41) is 12.5. The minimum Gasteiger partial charge on any atom is -0.506 e. The molecular weight excluding hydrogens is 278 g/mol. The van der Waals surface area contributed by atoms with Gasteiger partial charge in [-0.05, 0) is 35.9 Å². The highest BCUT2D eigenvalue weighted by atomic mass is 35.5. The molecule has 0 saturated carbocycles. The van der Waals surface area contributed by atoms with Crippen molar-refractivity contribution in [3.05, 3.63) is 52.5 Å². The van der Waals surface area contributed by atoms with Crippen LogP contribution in [0.25, 0.3) is 0 Å². The number of fused-ring (bicyclic) bond motifs is 1. The first-order chi connectivity index (χ1) is 9.63. The van der Waals surface area contributed by atoms with Crippen molar-refractivity contribution in [1.29, 1.82) is 0 Å². The van der Waals surface area contributed by atoms with Gasteiger partial charge in [-0.3, -0.25) is 4.79 Å². The van der Waals surface area contributed by atoms with E-state index in [1.165, 1.54) is 12.1 Å². The molecule has 0 saturated heterocycles. The Morgan fingerprint density at radius 2 is 2.10 bits per heavy atom. The summed E-state index contributed by atoms with van der Waals surface area (Å²) >= 11 is 5.72. The number of benzene rings is 2. The first-order valence-electron chi connectivity index (χ1n) is 6.19. The van der Waals surface area contributed by atoms with Crippen molar-refractivity contribution in [2.24, 2.45) is 0 Å². The standard InChI is InChI=1S/C15H12ClNO3/c16-12-3-2-11(8-13(12)18)17-15(19)10-1-4-14-9(7-10)5-6-20-14/h1-4,7-8,18H,5-6H2,(H,17,19). The van der Waals surface area contributed by atoms with E-state index in [1.807, 2.05) is 6.07 Å². The number of nitrogens with one attached hydrogen (secondary N) is 1. The summed E-state index contributed by atoms with van der Waals surface area (Å²) in [7, 11) is 0. The van der Waals surface area contributed by atoms with Crippen molar-refractivity contribution in [2.45, 2.75) is 6.42 Å². The number of aromatic hydroxyl groups is 1. The molecule has 5 heteroatoms. The first kappa shape index (κ1) is 12.8. The van der Waals surface area contributed by atoms with Gasteiger partial charge in [0, 0.05) is 23.7 Å². The molecule has 1 amide bonds. The van der Waals surface area contributed by atoms with E-state index in [2.05, 4.69) is 5.32 Å². The molecular formula is C15H12ClNO3. The summed E-state index contributed by atoms with van der Waals surface area (Å²) in [6.45, 7) is 0.658. The molecule has 3 rings (SSSR count). The molecule has 1 aliphatic heterocycles. The first-order valence-corrected chi connectivity index (χ1v) is 6.57. The van der Waals surface area contributed by atoms with Crippen molar-refractivity contribution in [1.82, 2.24) is 0 Å². The Morgan fingerprint density at radius 1 is 1.25 bits per heavy atom. The molecule has 20 heavy (non-hydrogen) atoms. The number of carbonyl (C=O) groups is 1. The van der Waals surface area contributed by atoms with Crippen LogP contribution in [-0.2, 0) is 6.42 Å². The maximum Gasteiger partial charge on any atom is 0.255 e. The molecule has 0 radical (unpaired) electrons. The molecule has 1 heterocycles. The molecule has 0 spiro atoms. The van der Waals surface area contributed by atoms with Crippen LogP contribution in [0.5, 0.6) is 11.5 Å². The van der Waals surface area contributed by atoms with Crippen LogP contribution in [0.2, 0.25) is 5.02 Å². The number of anilines is 1. The zero-order valence-electron chi connectivity index (χ0n) is 10.5. The number of amides is 1. The number of hydrogen-bond donors (Lipinski definition) is 2. The highest BCUT2D eigenvalue weighted by molar-refractivity contribution is 6.32.